The van der Waals surface area contributed by atoms with Crippen LogP contribution < -0.4 is 0 Å². The Bertz CT molecular complexity index is 501. The fraction of sp³-hybridized carbons (Fsp3) is 0.471. The number of hydrogen-bond acceptors (Lipinski definition) is 6. The van der Waals surface area contributed by atoms with E-state index in [-0.39, 0.29) is 26.0 Å². The van der Waals surface area contributed by atoms with Crippen LogP contribution in [0.3, 0.4) is 0 Å². The molecule has 1 aromatic rings. The molecule has 0 radical (unpaired) electrons. The van der Waals surface area contributed by atoms with Gasteiger partial charge in [-0.15, -0.1) is 0 Å². The molecule has 0 bridgehead atoms. The molecule has 3 atom stereocenters. The van der Waals surface area contributed by atoms with E-state index in [4.69, 9.17) is 23.7 Å². The summed E-state index contributed by atoms with van der Waals surface area (Å²) in [7, 11) is 3.06. The third-order valence-corrected chi connectivity index (χ3v) is 3.38. The Kier molecular flexibility index (Phi) is 7.22. The fourth-order valence-corrected chi connectivity index (χ4v) is 2.34. The van der Waals surface area contributed by atoms with Crippen molar-refractivity contribution in [3.8, 4) is 0 Å². The molecule has 1 aliphatic heterocycles. The highest BCUT2D eigenvalue weighted by molar-refractivity contribution is 5.72. The molecule has 1 saturated heterocycles. The van der Waals surface area contributed by atoms with Gasteiger partial charge in [-0.25, -0.2) is 0 Å². The maximum atomic E-state index is 11.8. The molecule has 0 saturated carbocycles. The van der Waals surface area contributed by atoms with Crippen molar-refractivity contribution in [1.29, 1.82) is 0 Å². The molecule has 126 valence electrons. The number of rotatable bonds is 8. The average molecular weight is 322 g/mol. The maximum absolute atomic E-state index is 11.8. The first-order valence-electron chi connectivity index (χ1n) is 7.38. The van der Waals surface area contributed by atoms with E-state index in [1.807, 2.05) is 36.4 Å². The van der Waals surface area contributed by atoms with Crippen LogP contribution in [-0.4, -0.2) is 52.1 Å². The summed E-state index contributed by atoms with van der Waals surface area (Å²) < 4.78 is 26.5. The molecule has 1 heterocycles. The summed E-state index contributed by atoms with van der Waals surface area (Å²) in [5.74, 6) is -0.328. The van der Waals surface area contributed by atoms with Gasteiger partial charge in [0.1, 0.15) is 31.9 Å². The van der Waals surface area contributed by atoms with Gasteiger partial charge in [-0.05, 0) is 11.6 Å². The first kappa shape index (κ1) is 17.6. The molecule has 23 heavy (non-hydrogen) atoms. The maximum Gasteiger partial charge on any atom is 0.309 e. The third-order valence-electron chi connectivity index (χ3n) is 3.38. The average Bonchev–Trinajstić information content (AvgIpc) is 2.58. The molecule has 0 amide bonds. The SMILES string of the molecule is COCO[C@@H]1[C@@H](/C=C/c2ccccc2)OC(=O)C[C@H]1OCOC. The number of carbonyl (C=O) groups is 1. The van der Waals surface area contributed by atoms with Gasteiger partial charge in [-0.3, -0.25) is 4.79 Å². The molecule has 1 aliphatic rings. The second-order valence-electron chi connectivity index (χ2n) is 5.08. The van der Waals surface area contributed by atoms with Crippen molar-refractivity contribution in [3.05, 3.63) is 42.0 Å². The molecular formula is C17H22O6. The molecule has 0 spiro atoms. The minimum Gasteiger partial charge on any atom is -0.455 e. The predicted octanol–water partition coefficient (Wildman–Crippen LogP) is 1.99. The monoisotopic (exact) mass is 322 g/mol. The second-order valence-corrected chi connectivity index (χ2v) is 5.08. The summed E-state index contributed by atoms with van der Waals surface area (Å²) in [6, 6.07) is 9.75. The Morgan fingerprint density at radius 2 is 1.83 bits per heavy atom. The lowest BCUT2D eigenvalue weighted by atomic mass is 10.0. The minimum atomic E-state index is -0.548. The first-order chi connectivity index (χ1) is 11.2. The van der Waals surface area contributed by atoms with Crippen LogP contribution in [-0.2, 0) is 28.5 Å². The van der Waals surface area contributed by atoms with Gasteiger partial charge in [0.05, 0.1) is 6.42 Å². The van der Waals surface area contributed by atoms with Gasteiger partial charge >= 0.3 is 5.97 Å². The van der Waals surface area contributed by atoms with Gasteiger partial charge in [0, 0.05) is 14.2 Å². The first-order valence-corrected chi connectivity index (χ1v) is 7.38. The lowest BCUT2D eigenvalue weighted by molar-refractivity contribution is -0.212. The summed E-state index contributed by atoms with van der Waals surface area (Å²) >= 11 is 0. The Morgan fingerprint density at radius 1 is 1.13 bits per heavy atom. The van der Waals surface area contributed by atoms with Crippen molar-refractivity contribution < 1.29 is 28.5 Å². The summed E-state index contributed by atoms with van der Waals surface area (Å²) in [5, 5.41) is 0. The Balaban J connectivity index is 2.11. The summed E-state index contributed by atoms with van der Waals surface area (Å²) in [6.07, 6.45) is 2.36. The Hall–Kier alpha value is -1.73. The molecule has 1 fully saturated rings. The van der Waals surface area contributed by atoms with Crippen LogP contribution in [0.4, 0.5) is 0 Å². The normalized spacial score (nSPS) is 24.8. The van der Waals surface area contributed by atoms with Gasteiger partial charge in [-0.2, -0.15) is 0 Å². The van der Waals surface area contributed by atoms with E-state index in [1.54, 1.807) is 6.08 Å². The van der Waals surface area contributed by atoms with Gasteiger partial charge in [0.15, 0.2) is 0 Å². The molecule has 0 unspecified atom stereocenters. The number of benzene rings is 1. The van der Waals surface area contributed by atoms with Crippen LogP contribution >= 0.6 is 0 Å². The van der Waals surface area contributed by atoms with Crippen LogP contribution in [0.5, 0.6) is 0 Å². The van der Waals surface area contributed by atoms with Gasteiger partial charge in [0.25, 0.3) is 0 Å². The molecule has 2 rings (SSSR count). The molecule has 1 aromatic carbocycles. The number of cyclic esters (lactones) is 1. The van der Waals surface area contributed by atoms with Gasteiger partial charge in [-0.1, -0.05) is 36.4 Å². The van der Waals surface area contributed by atoms with E-state index in [1.165, 1.54) is 14.2 Å². The predicted molar refractivity (Wildman–Crippen MR) is 83.5 cm³/mol. The second kappa shape index (κ2) is 9.42. The molecule has 0 aliphatic carbocycles. The van der Waals surface area contributed by atoms with E-state index < -0.39 is 18.3 Å². The molecule has 0 aromatic heterocycles. The number of methoxy groups -OCH3 is 2. The molecule has 0 N–H and O–H groups in total. The summed E-state index contributed by atoms with van der Waals surface area (Å²) in [5.41, 5.74) is 1.01. The molecular weight excluding hydrogens is 300 g/mol. The number of esters is 1. The zero-order chi connectivity index (χ0) is 16.5. The van der Waals surface area contributed by atoms with Crippen molar-refractivity contribution in [2.24, 2.45) is 0 Å². The van der Waals surface area contributed by atoms with Crippen molar-refractivity contribution >= 4 is 12.0 Å². The van der Waals surface area contributed by atoms with E-state index >= 15 is 0 Å². The third kappa shape index (κ3) is 5.44. The largest absolute Gasteiger partial charge is 0.455 e. The van der Waals surface area contributed by atoms with Crippen LogP contribution in [0.2, 0.25) is 0 Å². The van der Waals surface area contributed by atoms with Gasteiger partial charge < -0.3 is 23.7 Å². The molecule has 6 nitrogen and oxygen atoms in total. The number of carbonyl (C=O) groups excluding carboxylic acids is 1. The van der Waals surface area contributed by atoms with Crippen LogP contribution in [0.1, 0.15) is 12.0 Å². The lowest BCUT2D eigenvalue weighted by Crippen LogP contribution is -2.49. The van der Waals surface area contributed by atoms with E-state index in [9.17, 15) is 4.79 Å². The minimum absolute atomic E-state index is 0.0832. The van der Waals surface area contributed by atoms with E-state index in [0.717, 1.165) is 5.56 Å². The van der Waals surface area contributed by atoms with Crippen LogP contribution in [0.25, 0.3) is 6.08 Å². The topological polar surface area (TPSA) is 63.2 Å². The summed E-state index contributed by atoms with van der Waals surface area (Å²) in [4.78, 5) is 11.8. The number of ether oxygens (including phenoxy) is 5. The van der Waals surface area contributed by atoms with Gasteiger partial charge in [0.2, 0.25) is 0 Å². The standard InChI is InChI=1S/C17H22O6/c1-19-11-21-15-10-16(18)23-14(17(15)22-12-20-2)9-8-13-6-4-3-5-7-13/h3-9,14-15,17H,10-12H2,1-2H3/b9-8+/t14-,15-,17-/m1/s1. The summed E-state index contributed by atoms with van der Waals surface area (Å²) in [6.45, 7) is 0.171. The van der Waals surface area contributed by atoms with Crippen LogP contribution in [0.15, 0.2) is 36.4 Å². The van der Waals surface area contributed by atoms with Crippen molar-refractivity contribution in [2.45, 2.75) is 24.7 Å². The van der Waals surface area contributed by atoms with Crippen molar-refractivity contribution in [3.63, 3.8) is 0 Å². The highest BCUT2D eigenvalue weighted by Gasteiger charge is 2.39. The Labute approximate surface area is 135 Å². The zero-order valence-corrected chi connectivity index (χ0v) is 13.3. The Morgan fingerprint density at radius 3 is 2.52 bits per heavy atom. The smallest absolute Gasteiger partial charge is 0.309 e. The van der Waals surface area contributed by atoms with Crippen molar-refractivity contribution in [1.82, 2.24) is 0 Å². The fourth-order valence-electron chi connectivity index (χ4n) is 2.34. The number of hydrogen-bond donors (Lipinski definition) is 0. The molecule has 6 heteroatoms. The van der Waals surface area contributed by atoms with Crippen molar-refractivity contribution in [2.75, 3.05) is 27.8 Å². The van der Waals surface area contributed by atoms with Crippen LogP contribution in [0, 0.1) is 0 Å². The highest BCUT2D eigenvalue weighted by Crippen LogP contribution is 2.23. The van der Waals surface area contributed by atoms with E-state index in [0.29, 0.717) is 0 Å². The van der Waals surface area contributed by atoms with E-state index in [2.05, 4.69) is 0 Å². The highest BCUT2D eigenvalue weighted by atomic mass is 16.7. The zero-order valence-electron chi connectivity index (χ0n) is 13.3. The quantitative estimate of drug-likeness (QED) is 0.539. The lowest BCUT2D eigenvalue weighted by Gasteiger charge is -2.35.